The molecule has 1 aliphatic carbocycles. The van der Waals surface area contributed by atoms with Gasteiger partial charge in [-0.05, 0) is 50.3 Å². The third kappa shape index (κ3) is 1.64. The highest BCUT2D eigenvalue weighted by Crippen LogP contribution is 2.35. The van der Waals surface area contributed by atoms with Gasteiger partial charge in [0, 0.05) is 16.6 Å². The van der Waals surface area contributed by atoms with E-state index in [1.807, 2.05) is 6.07 Å². The second kappa shape index (κ2) is 3.54. The molecule has 2 heteroatoms. The van der Waals surface area contributed by atoms with Crippen LogP contribution in [0.25, 0.3) is 10.9 Å². The maximum absolute atomic E-state index is 6.37. The van der Waals surface area contributed by atoms with Gasteiger partial charge in [-0.2, -0.15) is 0 Å². The summed E-state index contributed by atoms with van der Waals surface area (Å²) >= 11 is 0. The Kier molecular flexibility index (Phi) is 2.23. The molecule has 0 spiro atoms. The van der Waals surface area contributed by atoms with Gasteiger partial charge in [0.15, 0.2) is 0 Å². The molecular formula is C15H18N2. The third-order valence-corrected chi connectivity index (χ3v) is 3.56. The van der Waals surface area contributed by atoms with Crippen LogP contribution in [0.2, 0.25) is 0 Å². The Labute approximate surface area is 102 Å². The highest BCUT2D eigenvalue weighted by molar-refractivity contribution is 5.85. The highest BCUT2D eigenvalue weighted by Gasteiger charge is 2.26. The molecule has 0 unspecified atom stereocenters. The molecule has 1 heterocycles. The predicted octanol–water partition coefficient (Wildman–Crippen LogP) is 2.92. The smallest absolute Gasteiger partial charge is 0.0708 e. The number of hydrogen-bond acceptors (Lipinski definition) is 2. The SMILES string of the molecule is CC(C)(N)c1c2c(nc3ccccc13)CCC2. The molecule has 0 bridgehead atoms. The molecule has 0 atom stereocenters. The van der Waals surface area contributed by atoms with Gasteiger partial charge in [-0.25, -0.2) is 0 Å². The van der Waals surface area contributed by atoms with E-state index in [-0.39, 0.29) is 5.54 Å². The van der Waals surface area contributed by atoms with E-state index >= 15 is 0 Å². The van der Waals surface area contributed by atoms with Crippen molar-refractivity contribution < 1.29 is 0 Å². The van der Waals surface area contributed by atoms with Crippen molar-refractivity contribution in [2.45, 2.75) is 38.6 Å². The van der Waals surface area contributed by atoms with Gasteiger partial charge in [0.05, 0.1) is 5.52 Å². The molecule has 1 aromatic carbocycles. The molecule has 2 nitrogen and oxygen atoms in total. The minimum Gasteiger partial charge on any atom is -0.322 e. The van der Waals surface area contributed by atoms with Crippen molar-refractivity contribution in [2.24, 2.45) is 5.73 Å². The molecule has 1 aliphatic rings. The molecule has 2 aromatic rings. The standard InChI is InChI=1S/C15H18N2/c1-15(2,16)14-10-6-3-4-8-12(10)17-13-9-5-7-11(13)14/h3-4,6,8H,5,7,9,16H2,1-2H3. The monoisotopic (exact) mass is 226 g/mol. The van der Waals surface area contributed by atoms with Crippen molar-refractivity contribution in [2.75, 3.05) is 0 Å². The number of aromatic nitrogens is 1. The van der Waals surface area contributed by atoms with E-state index in [0.29, 0.717) is 0 Å². The molecule has 17 heavy (non-hydrogen) atoms. The number of benzene rings is 1. The van der Waals surface area contributed by atoms with E-state index in [1.54, 1.807) is 0 Å². The normalized spacial score (nSPS) is 15.2. The molecule has 0 fully saturated rings. The maximum atomic E-state index is 6.37. The van der Waals surface area contributed by atoms with E-state index in [9.17, 15) is 0 Å². The van der Waals surface area contributed by atoms with Crippen molar-refractivity contribution in [1.82, 2.24) is 4.98 Å². The Balaban J connectivity index is 2.43. The zero-order valence-electron chi connectivity index (χ0n) is 10.5. The summed E-state index contributed by atoms with van der Waals surface area (Å²) in [4.78, 5) is 4.77. The average molecular weight is 226 g/mol. The van der Waals surface area contributed by atoms with Crippen LogP contribution in [0.15, 0.2) is 24.3 Å². The second-order valence-electron chi connectivity index (χ2n) is 5.50. The lowest BCUT2D eigenvalue weighted by atomic mass is 9.87. The summed E-state index contributed by atoms with van der Waals surface area (Å²) < 4.78 is 0. The van der Waals surface area contributed by atoms with Crippen LogP contribution in [0.3, 0.4) is 0 Å². The summed E-state index contributed by atoms with van der Waals surface area (Å²) in [6.07, 6.45) is 3.44. The van der Waals surface area contributed by atoms with Crippen LogP contribution in [-0.2, 0) is 18.4 Å². The Morgan fingerprint density at radius 1 is 1.18 bits per heavy atom. The summed E-state index contributed by atoms with van der Waals surface area (Å²) in [6, 6.07) is 8.35. The van der Waals surface area contributed by atoms with Gasteiger partial charge in [-0.3, -0.25) is 4.98 Å². The Hall–Kier alpha value is -1.41. The van der Waals surface area contributed by atoms with Crippen molar-refractivity contribution in [3.05, 3.63) is 41.1 Å². The largest absolute Gasteiger partial charge is 0.322 e. The van der Waals surface area contributed by atoms with Crippen LogP contribution < -0.4 is 5.73 Å². The fraction of sp³-hybridized carbons (Fsp3) is 0.400. The minimum atomic E-state index is -0.295. The second-order valence-corrected chi connectivity index (χ2v) is 5.50. The Morgan fingerprint density at radius 2 is 1.94 bits per heavy atom. The van der Waals surface area contributed by atoms with E-state index < -0.39 is 0 Å². The topological polar surface area (TPSA) is 38.9 Å². The Morgan fingerprint density at radius 3 is 2.71 bits per heavy atom. The van der Waals surface area contributed by atoms with Gasteiger partial charge in [0.1, 0.15) is 0 Å². The lowest BCUT2D eigenvalue weighted by Crippen LogP contribution is -2.30. The quantitative estimate of drug-likeness (QED) is 0.812. The first-order valence-electron chi connectivity index (χ1n) is 6.27. The predicted molar refractivity (Wildman–Crippen MR) is 71.0 cm³/mol. The van der Waals surface area contributed by atoms with Crippen LogP contribution in [0.1, 0.15) is 37.1 Å². The van der Waals surface area contributed by atoms with Gasteiger partial charge < -0.3 is 5.73 Å². The Bertz CT molecular complexity index is 579. The molecule has 0 radical (unpaired) electrons. The highest BCUT2D eigenvalue weighted by atomic mass is 14.8. The zero-order valence-corrected chi connectivity index (χ0v) is 10.5. The molecule has 0 saturated heterocycles. The van der Waals surface area contributed by atoms with Crippen molar-refractivity contribution in [3.63, 3.8) is 0 Å². The first kappa shape index (κ1) is 10.7. The number of pyridine rings is 1. The summed E-state index contributed by atoms with van der Waals surface area (Å²) in [5.41, 5.74) is 11.1. The third-order valence-electron chi connectivity index (χ3n) is 3.56. The van der Waals surface area contributed by atoms with E-state index in [0.717, 1.165) is 18.4 Å². The van der Waals surface area contributed by atoms with Crippen LogP contribution >= 0.6 is 0 Å². The van der Waals surface area contributed by atoms with Gasteiger partial charge >= 0.3 is 0 Å². The summed E-state index contributed by atoms with van der Waals surface area (Å²) in [7, 11) is 0. The van der Waals surface area contributed by atoms with Crippen LogP contribution in [0.5, 0.6) is 0 Å². The van der Waals surface area contributed by atoms with Crippen molar-refractivity contribution >= 4 is 10.9 Å². The molecule has 0 amide bonds. The molecule has 0 saturated carbocycles. The minimum absolute atomic E-state index is 0.295. The van der Waals surface area contributed by atoms with Gasteiger partial charge in [-0.1, -0.05) is 18.2 Å². The maximum Gasteiger partial charge on any atom is 0.0708 e. The first-order chi connectivity index (χ1) is 8.07. The average Bonchev–Trinajstić information content (AvgIpc) is 2.71. The number of nitrogens with zero attached hydrogens (tertiary/aromatic N) is 1. The zero-order chi connectivity index (χ0) is 12.0. The number of rotatable bonds is 1. The van der Waals surface area contributed by atoms with E-state index in [2.05, 4.69) is 32.0 Å². The van der Waals surface area contributed by atoms with Gasteiger partial charge in [-0.15, -0.1) is 0 Å². The van der Waals surface area contributed by atoms with E-state index in [1.165, 1.54) is 28.6 Å². The number of fused-ring (bicyclic) bond motifs is 2. The fourth-order valence-corrected chi connectivity index (χ4v) is 2.95. The van der Waals surface area contributed by atoms with Gasteiger partial charge in [0.25, 0.3) is 0 Å². The van der Waals surface area contributed by atoms with Crippen LogP contribution in [-0.4, -0.2) is 4.98 Å². The van der Waals surface area contributed by atoms with Gasteiger partial charge in [0.2, 0.25) is 0 Å². The summed E-state index contributed by atoms with van der Waals surface area (Å²) in [5.74, 6) is 0. The van der Waals surface area contributed by atoms with Crippen molar-refractivity contribution in [1.29, 1.82) is 0 Å². The fourth-order valence-electron chi connectivity index (χ4n) is 2.95. The molecule has 2 N–H and O–H groups in total. The molecule has 1 aromatic heterocycles. The summed E-state index contributed by atoms with van der Waals surface area (Å²) in [6.45, 7) is 4.18. The summed E-state index contributed by atoms with van der Waals surface area (Å²) in [5, 5.41) is 1.22. The van der Waals surface area contributed by atoms with E-state index in [4.69, 9.17) is 10.7 Å². The van der Waals surface area contributed by atoms with Crippen molar-refractivity contribution in [3.8, 4) is 0 Å². The molecule has 3 rings (SSSR count). The lowest BCUT2D eigenvalue weighted by Gasteiger charge is -2.24. The molecular weight excluding hydrogens is 208 g/mol. The molecule has 0 aliphatic heterocycles. The first-order valence-corrected chi connectivity index (χ1v) is 6.27. The molecule has 88 valence electrons. The lowest BCUT2D eigenvalue weighted by molar-refractivity contribution is 0.553. The number of aryl methyl sites for hydroxylation is 1. The van der Waals surface area contributed by atoms with Crippen LogP contribution in [0, 0.1) is 0 Å². The number of para-hydroxylation sites is 1. The van der Waals surface area contributed by atoms with Crippen LogP contribution in [0.4, 0.5) is 0 Å². The number of nitrogens with two attached hydrogens (primary N) is 1. The number of hydrogen-bond donors (Lipinski definition) is 1.